The molecule has 0 bridgehead atoms. The van der Waals surface area contributed by atoms with Gasteiger partial charge in [0.1, 0.15) is 7.16 Å². The quantitative estimate of drug-likeness (QED) is 0.611. The summed E-state index contributed by atoms with van der Waals surface area (Å²) in [6.07, 6.45) is -1.26. The number of benzene rings is 1. The Bertz CT molecular complexity index is 374. The van der Waals surface area contributed by atoms with E-state index in [1.165, 1.54) is 19.2 Å². The minimum Gasteiger partial charge on any atom is -0.508 e. The molecule has 66 valence electrons. The number of phenolic OH excluding ortho intramolecular Hbond substituents is 1. The molecule has 0 fully saturated rings. The van der Waals surface area contributed by atoms with Gasteiger partial charge in [-0.15, -0.1) is 0 Å². The number of hydrogen-bond donors (Lipinski definition) is 3. The highest BCUT2D eigenvalue weighted by atomic mass is 16.3. The van der Waals surface area contributed by atoms with Gasteiger partial charge in [0.15, 0.2) is 0 Å². The lowest BCUT2D eigenvalue weighted by atomic mass is 10.1. The van der Waals surface area contributed by atoms with Crippen LogP contribution in [-0.2, 0) is 0 Å². The zero-order valence-corrected chi connectivity index (χ0v) is 6.65. The van der Waals surface area contributed by atoms with E-state index in [4.69, 9.17) is 7.02 Å². The van der Waals surface area contributed by atoms with Gasteiger partial charge in [0.25, 0.3) is 1.43 Å². The average Bonchev–Trinajstić information content (AvgIpc) is 2.29. The molecule has 0 aromatic heterocycles. The van der Waals surface area contributed by atoms with Gasteiger partial charge in [0, 0.05) is 9.24 Å². The second-order valence-corrected chi connectivity index (χ2v) is 2.31. The molecule has 0 aliphatic rings. The molecule has 0 amide bonds. The molecule has 0 heterocycles. The molecule has 0 radical (unpaired) electrons. The summed E-state index contributed by atoms with van der Waals surface area (Å²) < 4.78 is 36.3. The van der Waals surface area contributed by atoms with Crippen LogP contribution < -0.4 is 5.31 Å². The molecule has 3 nitrogen and oxygen atoms in total. The van der Waals surface area contributed by atoms with Gasteiger partial charge in [-0.3, -0.25) is 0 Å². The van der Waals surface area contributed by atoms with E-state index in [1.54, 1.807) is 12.1 Å². The van der Waals surface area contributed by atoms with Crippen molar-refractivity contribution in [2.24, 2.45) is 0 Å². The molecule has 0 aliphatic carbocycles. The van der Waals surface area contributed by atoms with Gasteiger partial charge >= 0.3 is 0 Å². The molecular formula is C9H13NO2. The van der Waals surface area contributed by atoms with Crippen LogP contribution in [0.5, 0.6) is 5.75 Å². The van der Waals surface area contributed by atoms with Crippen molar-refractivity contribution < 1.29 is 14.4 Å². The summed E-state index contributed by atoms with van der Waals surface area (Å²) in [6, 6.07) is 6.03. The number of aliphatic hydroxyl groups excluding tert-OH is 1. The van der Waals surface area contributed by atoms with Crippen LogP contribution in [0.15, 0.2) is 24.3 Å². The number of nitrogens with one attached hydrogen (secondary N) is 1. The maximum absolute atomic E-state index is 7.68. The fourth-order valence-electron chi connectivity index (χ4n) is 0.869. The van der Waals surface area contributed by atoms with Crippen molar-refractivity contribution in [3.05, 3.63) is 29.8 Å². The molecule has 0 saturated carbocycles. The molecule has 1 rings (SSSR count). The van der Waals surface area contributed by atoms with E-state index in [9.17, 15) is 0 Å². The maximum Gasteiger partial charge on any atom is 0.293 e. The van der Waals surface area contributed by atoms with E-state index in [-0.39, 0.29) is 5.75 Å². The van der Waals surface area contributed by atoms with Crippen molar-refractivity contribution in [3.63, 3.8) is 0 Å². The van der Waals surface area contributed by atoms with Crippen molar-refractivity contribution in [1.82, 2.24) is 5.31 Å². The minimum atomic E-state index is -2.16. The Morgan fingerprint density at radius 3 is 3.42 bits per heavy atom. The molecular weight excluding hydrogens is 154 g/mol. The lowest BCUT2D eigenvalue weighted by Gasteiger charge is -2.09. The first-order valence-electron chi connectivity index (χ1n) is 5.77. The Labute approximate surface area is 78.9 Å². The molecule has 1 aromatic rings. The first-order valence-corrected chi connectivity index (χ1v) is 3.51. The largest absolute Gasteiger partial charge is 0.508 e. The van der Waals surface area contributed by atoms with Crippen molar-refractivity contribution in [2.75, 3.05) is 13.5 Å². The van der Waals surface area contributed by atoms with Crippen LogP contribution in [0.3, 0.4) is 0 Å². The molecule has 1 aromatic carbocycles. The van der Waals surface area contributed by atoms with Crippen LogP contribution >= 0.6 is 0 Å². The normalized spacial score (nSPS) is 20.0. The summed E-state index contributed by atoms with van der Waals surface area (Å²) in [5.41, 5.74) is 0.328. The third-order valence-electron chi connectivity index (χ3n) is 1.41. The Kier molecular flexibility index (Phi) is 1.45. The van der Waals surface area contributed by atoms with Gasteiger partial charge in [-0.1, -0.05) is 12.1 Å². The van der Waals surface area contributed by atoms with E-state index in [0.29, 0.717) is 10.9 Å². The van der Waals surface area contributed by atoms with Gasteiger partial charge in [0.2, 0.25) is 1.43 Å². The molecule has 0 spiro atoms. The highest BCUT2D eigenvalue weighted by molar-refractivity contribution is 5.28. The van der Waals surface area contributed by atoms with Crippen LogP contribution in [0.25, 0.3) is 0 Å². The van der Waals surface area contributed by atoms with Crippen LogP contribution in [-0.4, -0.2) is 26.6 Å². The molecule has 1 atom stereocenters. The lowest BCUT2D eigenvalue weighted by molar-refractivity contribution is 0.177. The van der Waals surface area contributed by atoms with E-state index in [2.05, 4.69) is 10.2 Å². The number of phenols is 1. The fraction of sp³-hybridized carbons (Fsp3) is 0.333. The number of likely N-dealkylation sites (N-methyl/N-ethyl adjacent to an activating group) is 1. The second-order valence-electron chi connectivity index (χ2n) is 2.31. The Hall–Kier alpha value is -1.06. The van der Waals surface area contributed by atoms with Crippen LogP contribution in [0.4, 0.5) is 0 Å². The molecule has 3 N–H and O–H groups in total. The Balaban J connectivity index is 3.09. The number of rotatable bonds is 5. The summed E-state index contributed by atoms with van der Waals surface area (Å²) >= 11 is 0. The van der Waals surface area contributed by atoms with Crippen LogP contribution in [0.1, 0.15) is 14.4 Å². The minimum absolute atomic E-state index is 0.216. The second kappa shape index (κ2) is 4.09. The monoisotopic (exact) mass is 172 g/mol. The zero-order valence-electron chi connectivity index (χ0n) is 11.7. The fourth-order valence-corrected chi connectivity index (χ4v) is 0.869. The molecule has 12 heavy (non-hydrogen) atoms. The maximum atomic E-state index is 7.68. The van der Waals surface area contributed by atoms with E-state index in [1.807, 2.05) is 0 Å². The van der Waals surface area contributed by atoms with Gasteiger partial charge < -0.3 is 15.5 Å². The highest BCUT2D eigenvalue weighted by Gasteiger charge is 2.05. The Morgan fingerprint density at radius 2 is 2.75 bits per heavy atom. The molecule has 0 unspecified atom stereocenters. The summed E-state index contributed by atoms with van der Waals surface area (Å²) in [7, 11) is 1.23. The third kappa shape index (κ3) is 2.22. The standard InChI is InChI=1S/C9H13NO2/c1-10-6-9(12)7-3-2-4-8(11)5-7/h2-5,9-12H,6H2,1H3/t9-/m1/s1/i6D2,12D/hD2. The molecule has 3 heteroatoms. The first kappa shape index (κ1) is 4.25. The SMILES string of the molecule is [2H]Oc1cccc([C@H](O[2H])C([2H])([2H])N([2H])C)c1. The highest BCUT2D eigenvalue weighted by Crippen LogP contribution is 2.17. The third-order valence-corrected chi connectivity index (χ3v) is 1.41. The smallest absolute Gasteiger partial charge is 0.293 e. The lowest BCUT2D eigenvalue weighted by Crippen LogP contribution is -2.16. The topological polar surface area (TPSA) is 52.5 Å². The summed E-state index contributed by atoms with van der Waals surface area (Å²) in [5.74, 6) is 0.216. The van der Waals surface area contributed by atoms with Crippen LogP contribution in [0.2, 0.25) is 1.41 Å². The van der Waals surface area contributed by atoms with E-state index < -0.39 is 12.6 Å². The summed E-state index contributed by atoms with van der Waals surface area (Å²) in [5, 5.41) is 9.22. The zero-order chi connectivity index (χ0) is 13.1. The number of hydrogen-bond acceptors (Lipinski definition) is 3. The van der Waals surface area contributed by atoms with Crippen LogP contribution in [0, 0.1) is 0 Å². The predicted octanol–water partition coefficient (Wildman–Crippen LogP) is 0.645. The first-order chi connectivity index (χ1) is 7.93. The predicted molar refractivity (Wildman–Crippen MR) is 47.0 cm³/mol. The number of aromatic hydroxyl groups is 1. The van der Waals surface area contributed by atoms with Crippen molar-refractivity contribution in [3.8, 4) is 5.75 Å². The van der Waals surface area contributed by atoms with Crippen molar-refractivity contribution >= 4 is 0 Å². The van der Waals surface area contributed by atoms with Crippen molar-refractivity contribution in [1.29, 1.82) is 2.86 Å². The summed E-state index contributed by atoms with van der Waals surface area (Å²) in [4.78, 5) is 0. The average molecular weight is 172 g/mol. The molecule has 0 aliphatic heterocycles. The van der Waals surface area contributed by atoms with Gasteiger partial charge in [-0.2, -0.15) is 0 Å². The van der Waals surface area contributed by atoms with Gasteiger partial charge in [-0.05, 0) is 24.7 Å². The van der Waals surface area contributed by atoms with E-state index in [0.717, 1.165) is 0 Å². The Morgan fingerprint density at radius 1 is 1.83 bits per heavy atom. The van der Waals surface area contributed by atoms with Gasteiger partial charge in [-0.25, -0.2) is 0 Å². The number of aliphatic hydroxyl groups is 1. The van der Waals surface area contributed by atoms with Crippen molar-refractivity contribution in [2.45, 2.75) is 6.10 Å². The van der Waals surface area contributed by atoms with E-state index >= 15 is 0 Å². The summed E-state index contributed by atoms with van der Waals surface area (Å²) in [6.45, 7) is -2.16. The van der Waals surface area contributed by atoms with Gasteiger partial charge in [0.05, 0.1) is 6.10 Å². The molecule has 0 saturated heterocycles.